The van der Waals surface area contributed by atoms with Crippen LogP contribution in [0.4, 0.5) is 0 Å². The third-order valence-electron chi connectivity index (χ3n) is 7.18. The molecular weight excluding hydrogens is 471 g/mol. The Morgan fingerprint density at radius 2 is 1.14 bits per heavy atom. The molecule has 192 valence electrons. The third-order valence-corrected chi connectivity index (χ3v) is 11.6. The highest BCUT2D eigenvalue weighted by molar-refractivity contribution is 7.95. The predicted octanol–water partition coefficient (Wildman–Crippen LogP) is 6.38. The number of hydrogen-bond acceptors (Lipinski definition) is 2. The quantitative estimate of drug-likeness (QED) is 0.306. The summed E-state index contributed by atoms with van der Waals surface area (Å²) in [5.74, 6) is 0.0989. The molecule has 2 nitrogen and oxygen atoms in total. The number of rotatable bonds is 6. The summed E-state index contributed by atoms with van der Waals surface area (Å²) in [7, 11) is -2.57. The first kappa shape index (κ1) is 27.1. The minimum Gasteiger partial charge on any atom is -0.870 e. The fourth-order valence-electron chi connectivity index (χ4n) is 5.03. The Kier molecular flexibility index (Phi) is 7.65. The summed E-state index contributed by atoms with van der Waals surface area (Å²) in [5, 5.41) is 29.3. The van der Waals surface area contributed by atoms with E-state index in [0.29, 0.717) is 6.16 Å². The third kappa shape index (κ3) is 5.52. The van der Waals surface area contributed by atoms with Gasteiger partial charge in [0, 0.05) is 0 Å². The number of hydrogen-bond donors (Lipinski definition) is 1. The van der Waals surface area contributed by atoms with Crippen LogP contribution in [-0.4, -0.2) is 11.3 Å². The molecule has 4 rings (SSSR count). The maximum atomic E-state index is 14.6. The summed E-state index contributed by atoms with van der Waals surface area (Å²) in [6, 6.07) is 34.9. The summed E-state index contributed by atoms with van der Waals surface area (Å²) in [6.07, 6.45) is -0.261. The van der Waals surface area contributed by atoms with Crippen molar-refractivity contribution in [3.05, 3.63) is 120 Å². The molecule has 37 heavy (non-hydrogen) atoms. The summed E-state index contributed by atoms with van der Waals surface area (Å²) in [6.45, 7) is 12.9. The van der Waals surface area contributed by atoms with Crippen LogP contribution in [0.1, 0.15) is 64.3 Å². The highest BCUT2D eigenvalue weighted by Crippen LogP contribution is 2.60. The molecule has 0 bridgehead atoms. The van der Waals surface area contributed by atoms with Crippen molar-refractivity contribution in [2.24, 2.45) is 0 Å². The Balaban J connectivity index is 2.13. The van der Waals surface area contributed by atoms with Crippen LogP contribution in [0.5, 0.6) is 5.75 Å². The van der Waals surface area contributed by atoms with Gasteiger partial charge in [0.15, 0.2) is 0 Å². The molecule has 0 heterocycles. The molecule has 0 fully saturated rings. The summed E-state index contributed by atoms with van der Waals surface area (Å²) < 4.78 is 0. The largest absolute Gasteiger partial charge is 0.870 e. The average molecular weight is 511 g/mol. The van der Waals surface area contributed by atoms with Gasteiger partial charge in [-0.1, -0.05) is 120 Å². The molecule has 0 saturated carbocycles. The molecular formula is C34H39O2P. The smallest absolute Gasteiger partial charge is 0.114 e. The molecule has 0 aliphatic rings. The lowest BCUT2D eigenvalue weighted by atomic mass is 9.80. The Labute approximate surface area is 223 Å². The zero-order chi connectivity index (χ0) is 26.8. The molecule has 1 unspecified atom stereocenters. The first-order valence-electron chi connectivity index (χ1n) is 13.0. The molecule has 1 N–H and O–H groups in total. The van der Waals surface area contributed by atoms with Crippen molar-refractivity contribution in [3.63, 3.8) is 0 Å². The van der Waals surface area contributed by atoms with Crippen molar-refractivity contribution >= 4 is 23.2 Å². The van der Waals surface area contributed by atoms with Gasteiger partial charge in [-0.05, 0) is 57.9 Å². The van der Waals surface area contributed by atoms with Gasteiger partial charge >= 0.3 is 0 Å². The van der Waals surface area contributed by atoms with Gasteiger partial charge in [-0.25, -0.2) is 0 Å². The summed E-state index contributed by atoms with van der Waals surface area (Å²) >= 11 is 0. The molecule has 4 aromatic carbocycles. The Hall–Kier alpha value is -2.93. The lowest BCUT2D eigenvalue weighted by Crippen LogP contribution is -2.38. The summed E-state index contributed by atoms with van der Waals surface area (Å²) in [4.78, 5) is 0. The van der Waals surface area contributed by atoms with E-state index in [2.05, 4.69) is 77.9 Å². The zero-order valence-electron chi connectivity index (χ0n) is 22.9. The van der Waals surface area contributed by atoms with Crippen molar-refractivity contribution in [1.82, 2.24) is 0 Å². The average Bonchev–Trinajstić information content (AvgIpc) is 2.87. The second-order valence-corrected chi connectivity index (χ2v) is 15.5. The molecule has 0 spiro atoms. The predicted molar refractivity (Wildman–Crippen MR) is 158 cm³/mol. The first-order chi connectivity index (χ1) is 17.4. The van der Waals surface area contributed by atoms with E-state index in [0.717, 1.165) is 32.6 Å². The van der Waals surface area contributed by atoms with Crippen LogP contribution < -0.4 is 21.0 Å². The van der Waals surface area contributed by atoms with Gasteiger partial charge in [-0.2, -0.15) is 0 Å². The van der Waals surface area contributed by atoms with Gasteiger partial charge in [0.2, 0.25) is 0 Å². The monoisotopic (exact) mass is 510 g/mol. The van der Waals surface area contributed by atoms with E-state index in [1.165, 1.54) is 0 Å². The van der Waals surface area contributed by atoms with Crippen LogP contribution >= 0.6 is 7.26 Å². The van der Waals surface area contributed by atoms with E-state index in [1.54, 1.807) is 0 Å². The minimum atomic E-state index is -2.57. The van der Waals surface area contributed by atoms with Crippen molar-refractivity contribution < 1.29 is 10.2 Å². The van der Waals surface area contributed by atoms with Crippen LogP contribution in [-0.2, 0) is 10.8 Å². The SMILES string of the molecule is CC(C)(C)c1cc(C(C)(C)C)c([O-])c([P+](CC(O)c2ccccc2)(c2ccccc2)c2ccccc2)c1. The Morgan fingerprint density at radius 1 is 0.676 bits per heavy atom. The van der Waals surface area contributed by atoms with E-state index in [4.69, 9.17) is 0 Å². The van der Waals surface area contributed by atoms with Crippen LogP contribution in [0.3, 0.4) is 0 Å². The highest BCUT2D eigenvalue weighted by Gasteiger charge is 2.48. The normalized spacial score (nSPS) is 13.4. The molecule has 3 heteroatoms. The van der Waals surface area contributed by atoms with Gasteiger partial charge in [0.25, 0.3) is 0 Å². The van der Waals surface area contributed by atoms with Gasteiger partial charge in [0.05, 0.1) is 5.30 Å². The molecule has 0 saturated heterocycles. The maximum Gasteiger partial charge on any atom is 0.114 e. The van der Waals surface area contributed by atoms with Crippen LogP contribution in [0.25, 0.3) is 0 Å². The molecule has 0 aliphatic carbocycles. The van der Waals surface area contributed by atoms with Crippen molar-refractivity contribution in [2.75, 3.05) is 6.16 Å². The van der Waals surface area contributed by atoms with Crippen LogP contribution in [0.2, 0.25) is 0 Å². The lowest BCUT2D eigenvalue weighted by molar-refractivity contribution is -0.268. The molecule has 0 aliphatic heterocycles. The van der Waals surface area contributed by atoms with Gasteiger partial charge < -0.3 is 10.2 Å². The van der Waals surface area contributed by atoms with E-state index >= 15 is 0 Å². The van der Waals surface area contributed by atoms with E-state index in [1.807, 2.05) is 66.7 Å². The van der Waals surface area contributed by atoms with Crippen molar-refractivity contribution in [1.29, 1.82) is 0 Å². The summed E-state index contributed by atoms with van der Waals surface area (Å²) in [5.41, 5.74) is 2.41. The number of aliphatic hydroxyl groups excluding tert-OH is 1. The second-order valence-electron chi connectivity index (χ2n) is 12.0. The lowest BCUT2D eigenvalue weighted by Gasteiger charge is -2.37. The van der Waals surface area contributed by atoms with Crippen LogP contribution in [0, 0.1) is 0 Å². The van der Waals surface area contributed by atoms with Gasteiger partial charge in [-0.15, -0.1) is 0 Å². The molecule has 0 radical (unpaired) electrons. The fourth-order valence-corrected chi connectivity index (χ4v) is 9.42. The number of aliphatic hydroxyl groups is 1. The molecule has 0 amide bonds. The van der Waals surface area contributed by atoms with Crippen LogP contribution in [0.15, 0.2) is 103 Å². The first-order valence-corrected chi connectivity index (χ1v) is 15.0. The van der Waals surface area contributed by atoms with E-state index < -0.39 is 13.4 Å². The molecule has 1 atom stereocenters. The zero-order valence-corrected chi connectivity index (χ0v) is 23.8. The standard InChI is InChI=1S/C34H39O2P/c1-33(2,3)26-22-29(34(4,5)6)32(36)31(23-26)37(27-18-12-8-13-19-27,28-20-14-9-15-21-28)24-30(35)25-16-10-7-11-17-25/h7-23,30,35H,24H2,1-6H3. The molecule has 0 aromatic heterocycles. The van der Waals surface area contributed by atoms with Gasteiger partial charge in [-0.3, -0.25) is 0 Å². The fraction of sp³-hybridized carbons (Fsp3) is 0.294. The van der Waals surface area contributed by atoms with Crippen molar-refractivity contribution in [3.8, 4) is 5.75 Å². The Morgan fingerprint density at radius 3 is 1.57 bits per heavy atom. The number of benzene rings is 4. The van der Waals surface area contributed by atoms with Crippen molar-refractivity contribution in [2.45, 2.75) is 58.5 Å². The highest BCUT2D eigenvalue weighted by atomic mass is 31.2. The minimum absolute atomic E-state index is 0.0989. The Bertz CT molecular complexity index is 1280. The second kappa shape index (κ2) is 10.4. The van der Waals surface area contributed by atoms with E-state index in [9.17, 15) is 10.2 Å². The van der Waals surface area contributed by atoms with E-state index in [-0.39, 0.29) is 16.6 Å². The topological polar surface area (TPSA) is 43.3 Å². The maximum absolute atomic E-state index is 14.6. The van der Waals surface area contributed by atoms with Gasteiger partial charge in [0.1, 0.15) is 30.1 Å². The molecule has 4 aromatic rings.